The highest BCUT2D eigenvalue weighted by atomic mass is 19.1. The molecule has 6 heteroatoms. The van der Waals surface area contributed by atoms with Crippen molar-refractivity contribution in [2.75, 3.05) is 18.4 Å². The van der Waals surface area contributed by atoms with Gasteiger partial charge in [-0.1, -0.05) is 13.0 Å². The van der Waals surface area contributed by atoms with Gasteiger partial charge < -0.3 is 15.3 Å². The largest absolute Gasteiger partial charge is 0.481 e. The molecule has 114 valence electrons. The van der Waals surface area contributed by atoms with Crippen LogP contribution in [0.4, 0.5) is 14.9 Å². The van der Waals surface area contributed by atoms with Crippen LogP contribution in [-0.2, 0) is 4.79 Å². The maximum Gasteiger partial charge on any atom is 0.321 e. The number of hydrogen-bond donors (Lipinski definition) is 2. The number of carboxylic acid groups (broad SMARTS) is 1. The molecule has 5 nitrogen and oxygen atoms in total. The van der Waals surface area contributed by atoms with Crippen molar-refractivity contribution in [3.63, 3.8) is 0 Å². The number of carbonyl (C=O) groups excluding carboxylic acids is 1. The van der Waals surface area contributed by atoms with Gasteiger partial charge in [0.05, 0.1) is 5.41 Å². The Kier molecular flexibility index (Phi) is 4.45. The Morgan fingerprint density at radius 3 is 2.86 bits per heavy atom. The van der Waals surface area contributed by atoms with Crippen molar-refractivity contribution in [2.45, 2.75) is 26.2 Å². The fourth-order valence-corrected chi connectivity index (χ4v) is 2.69. The molecule has 1 aromatic carbocycles. The first-order valence-electron chi connectivity index (χ1n) is 7.02. The van der Waals surface area contributed by atoms with E-state index in [9.17, 15) is 19.1 Å². The quantitative estimate of drug-likeness (QED) is 0.900. The highest BCUT2D eigenvalue weighted by molar-refractivity contribution is 5.90. The molecule has 2 rings (SSSR count). The van der Waals surface area contributed by atoms with Crippen molar-refractivity contribution in [3.05, 3.63) is 30.1 Å². The number of aliphatic carboxylic acids is 1. The molecule has 1 aliphatic rings. The van der Waals surface area contributed by atoms with Gasteiger partial charge in [0.1, 0.15) is 5.82 Å². The first-order valence-corrected chi connectivity index (χ1v) is 7.02. The standard InChI is InChI=1S/C15H19FN2O3/c1-2-15(13(19)20)7-4-8-18(10-15)14(21)17-12-6-3-5-11(16)9-12/h3,5-6,9H,2,4,7-8,10H2,1H3,(H,17,21)(H,19,20). The number of piperidine rings is 1. The van der Waals surface area contributed by atoms with Gasteiger partial charge in [-0.15, -0.1) is 0 Å². The minimum absolute atomic E-state index is 0.181. The molecule has 1 saturated heterocycles. The molecule has 0 spiro atoms. The average Bonchev–Trinajstić information content (AvgIpc) is 2.47. The zero-order valence-electron chi connectivity index (χ0n) is 11.9. The van der Waals surface area contributed by atoms with Crippen molar-refractivity contribution >= 4 is 17.7 Å². The number of amides is 2. The summed E-state index contributed by atoms with van der Waals surface area (Å²) in [5.74, 6) is -1.30. The number of carboxylic acids is 1. The van der Waals surface area contributed by atoms with Crippen LogP contribution in [0.3, 0.4) is 0 Å². The van der Waals surface area contributed by atoms with Gasteiger partial charge >= 0.3 is 12.0 Å². The van der Waals surface area contributed by atoms with Crippen molar-refractivity contribution in [1.82, 2.24) is 4.90 Å². The van der Waals surface area contributed by atoms with E-state index in [0.717, 1.165) is 0 Å². The predicted octanol–water partition coefficient (Wildman–Crippen LogP) is 2.93. The molecular formula is C15H19FN2O3. The monoisotopic (exact) mass is 294 g/mol. The van der Waals surface area contributed by atoms with Crippen molar-refractivity contribution < 1.29 is 19.1 Å². The third-order valence-electron chi connectivity index (χ3n) is 4.07. The van der Waals surface area contributed by atoms with E-state index in [4.69, 9.17) is 0 Å². The predicted molar refractivity (Wildman–Crippen MR) is 76.6 cm³/mol. The minimum Gasteiger partial charge on any atom is -0.481 e. The van der Waals surface area contributed by atoms with Gasteiger partial charge in [-0.05, 0) is 37.5 Å². The lowest BCUT2D eigenvalue weighted by Crippen LogP contribution is -2.50. The number of nitrogens with one attached hydrogen (secondary N) is 1. The highest BCUT2D eigenvalue weighted by Gasteiger charge is 2.42. The van der Waals surface area contributed by atoms with E-state index in [-0.39, 0.29) is 12.6 Å². The third-order valence-corrected chi connectivity index (χ3v) is 4.07. The third kappa shape index (κ3) is 3.32. The van der Waals surface area contributed by atoms with Crippen LogP contribution < -0.4 is 5.32 Å². The first-order chi connectivity index (χ1) is 9.97. The van der Waals surface area contributed by atoms with Crippen molar-refractivity contribution in [2.24, 2.45) is 5.41 Å². The SMILES string of the molecule is CCC1(C(=O)O)CCCN(C(=O)Nc2cccc(F)c2)C1. The summed E-state index contributed by atoms with van der Waals surface area (Å²) >= 11 is 0. The molecule has 21 heavy (non-hydrogen) atoms. The molecule has 2 amide bonds. The molecule has 1 aliphatic heterocycles. The summed E-state index contributed by atoms with van der Waals surface area (Å²) in [6.45, 7) is 2.51. The van der Waals surface area contributed by atoms with Gasteiger partial charge in [-0.3, -0.25) is 4.79 Å². The zero-order valence-corrected chi connectivity index (χ0v) is 11.9. The van der Waals surface area contributed by atoms with Crippen molar-refractivity contribution in [1.29, 1.82) is 0 Å². The van der Waals surface area contributed by atoms with Crippen LogP contribution in [0, 0.1) is 11.2 Å². The van der Waals surface area contributed by atoms with Crippen LogP contribution in [-0.4, -0.2) is 35.1 Å². The second kappa shape index (κ2) is 6.11. The van der Waals surface area contributed by atoms with Crippen LogP contribution >= 0.6 is 0 Å². The fraction of sp³-hybridized carbons (Fsp3) is 0.467. The second-order valence-corrected chi connectivity index (χ2v) is 5.40. The van der Waals surface area contributed by atoms with E-state index in [1.807, 2.05) is 6.92 Å². The number of hydrogen-bond acceptors (Lipinski definition) is 2. The molecule has 1 unspecified atom stereocenters. The van der Waals surface area contributed by atoms with Gasteiger partial charge in [0.2, 0.25) is 0 Å². The molecule has 0 radical (unpaired) electrons. The number of rotatable bonds is 3. The summed E-state index contributed by atoms with van der Waals surface area (Å²) in [5.41, 5.74) is -0.514. The number of halogens is 1. The summed E-state index contributed by atoms with van der Waals surface area (Å²) in [5, 5.41) is 12.0. The molecule has 2 N–H and O–H groups in total. The minimum atomic E-state index is -0.877. The van der Waals surface area contributed by atoms with Gasteiger partial charge in [0.15, 0.2) is 0 Å². The number of benzene rings is 1. The van der Waals surface area contributed by atoms with Crippen LogP contribution in [0.5, 0.6) is 0 Å². The molecule has 1 atom stereocenters. The lowest BCUT2D eigenvalue weighted by Gasteiger charge is -2.39. The lowest BCUT2D eigenvalue weighted by atomic mass is 9.78. The lowest BCUT2D eigenvalue weighted by molar-refractivity contribution is -0.152. The fourth-order valence-electron chi connectivity index (χ4n) is 2.69. The number of anilines is 1. The molecule has 0 aliphatic carbocycles. The Labute approximate surface area is 122 Å². The van der Waals surface area contributed by atoms with E-state index in [1.165, 1.54) is 23.1 Å². The van der Waals surface area contributed by atoms with Crippen LogP contribution in [0.25, 0.3) is 0 Å². The first kappa shape index (κ1) is 15.3. The summed E-state index contributed by atoms with van der Waals surface area (Å²) in [6, 6.07) is 5.23. The Morgan fingerprint density at radius 1 is 1.48 bits per heavy atom. The summed E-state index contributed by atoms with van der Waals surface area (Å²) in [4.78, 5) is 25.2. The maximum atomic E-state index is 13.1. The summed E-state index contributed by atoms with van der Waals surface area (Å²) in [6.07, 6.45) is 1.70. The van der Waals surface area contributed by atoms with E-state index >= 15 is 0 Å². The molecule has 0 saturated carbocycles. The molecule has 1 heterocycles. The molecule has 0 aromatic heterocycles. The Morgan fingerprint density at radius 2 is 2.24 bits per heavy atom. The zero-order chi connectivity index (χ0) is 15.5. The topological polar surface area (TPSA) is 69.6 Å². The second-order valence-electron chi connectivity index (χ2n) is 5.40. The summed E-state index contributed by atoms with van der Waals surface area (Å²) < 4.78 is 13.1. The smallest absolute Gasteiger partial charge is 0.321 e. The van der Waals surface area contributed by atoms with Crippen LogP contribution in [0.2, 0.25) is 0 Å². The van der Waals surface area contributed by atoms with Crippen molar-refractivity contribution in [3.8, 4) is 0 Å². The average molecular weight is 294 g/mol. The number of carbonyl (C=O) groups is 2. The van der Waals surface area contributed by atoms with E-state index in [1.54, 1.807) is 6.07 Å². The normalized spacial score (nSPS) is 21.9. The number of likely N-dealkylation sites (tertiary alicyclic amines) is 1. The van der Waals surface area contributed by atoms with Gasteiger partial charge in [-0.25, -0.2) is 9.18 Å². The maximum absolute atomic E-state index is 13.1. The van der Waals surface area contributed by atoms with Gasteiger partial charge in [0.25, 0.3) is 0 Å². The number of nitrogens with zero attached hydrogens (tertiary/aromatic N) is 1. The van der Waals surface area contributed by atoms with E-state index in [0.29, 0.717) is 31.5 Å². The Bertz CT molecular complexity index is 549. The molecule has 1 fully saturated rings. The Balaban J connectivity index is 2.07. The highest BCUT2D eigenvalue weighted by Crippen LogP contribution is 2.33. The van der Waals surface area contributed by atoms with Crippen LogP contribution in [0.1, 0.15) is 26.2 Å². The number of urea groups is 1. The molecule has 0 bridgehead atoms. The van der Waals surface area contributed by atoms with Gasteiger partial charge in [-0.2, -0.15) is 0 Å². The summed E-state index contributed by atoms with van der Waals surface area (Å²) in [7, 11) is 0. The van der Waals surface area contributed by atoms with E-state index in [2.05, 4.69) is 5.32 Å². The van der Waals surface area contributed by atoms with E-state index < -0.39 is 17.2 Å². The van der Waals surface area contributed by atoms with Gasteiger partial charge in [0, 0.05) is 18.8 Å². The Hall–Kier alpha value is -2.11. The van der Waals surface area contributed by atoms with Crippen LogP contribution in [0.15, 0.2) is 24.3 Å². The molecular weight excluding hydrogens is 275 g/mol. The molecule has 1 aromatic rings.